The quantitative estimate of drug-likeness (QED) is 0.492. The van der Waals surface area contributed by atoms with E-state index in [0.717, 1.165) is 12.1 Å². The Morgan fingerprint density at radius 1 is 1.20 bits per heavy atom. The molecule has 2 aromatic carbocycles. The van der Waals surface area contributed by atoms with Crippen molar-refractivity contribution in [3.8, 4) is 0 Å². The predicted molar refractivity (Wildman–Crippen MR) is 108 cm³/mol. The second-order valence-corrected chi connectivity index (χ2v) is 7.67. The van der Waals surface area contributed by atoms with Crippen LogP contribution in [0.2, 0.25) is 0 Å². The summed E-state index contributed by atoms with van der Waals surface area (Å²) in [4.78, 5) is 25.5. The van der Waals surface area contributed by atoms with Crippen LogP contribution in [0.4, 0.5) is 11.4 Å². The monoisotopic (exact) mass is 408 g/mol. The van der Waals surface area contributed by atoms with Crippen LogP contribution in [0.5, 0.6) is 0 Å². The van der Waals surface area contributed by atoms with Crippen molar-refractivity contribution < 1.29 is 14.3 Å². The highest BCUT2D eigenvalue weighted by Gasteiger charge is 2.31. The van der Waals surface area contributed by atoms with Crippen molar-refractivity contribution in [2.75, 3.05) is 18.0 Å². The van der Waals surface area contributed by atoms with Gasteiger partial charge in [-0.05, 0) is 40.3 Å². The van der Waals surface area contributed by atoms with Crippen LogP contribution in [-0.2, 0) is 17.8 Å². The number of fused-ring (bicyclic) bond motifs is 2. The Bertz CT molecular complexity index is 1130. The van der Waals surface area contributed by atoms with Crippen molar-refractivity contribution in [1.82, 2.24) is 20.9 Å². The Morgan fingerprint density at radius 2 is 2.00 bits per heavy atom. The molecule has 30 heavy (non-hydrogen) atoms. The molecule has 10 heteroatoms. The molecule has 2 aliphatic heterocycles. The first-order valence-electron chi connectivity index (χ1n) is 9.85. The summed E-state index contributed by atoms with van der Waals surface area (Å²) in [6, 6.07) is 11.0. The minimum atomic E-state index is -0.501. The van der Waals surface area contributed by atoms with Crippen LogP contribution < -0.4 is 15.5 Å². The second-order valence-electron chi connectivity index (χ2n) is 7.67. The second kappa shape index (κ2) is 7.38. The lowest BCUT2D eigenvalue weighted by atomic mass is 9.95. The van der Waals surface area contributed by atoms with Crippen molar-refractivity contribution in [3.63, 3.8) is 0 Å². The summed E-state index contributed by atoms with van der Waals surface area (Å²) < 4.78 is 4.75. The molecule has 1 aromatic heterocycles. The van der Waals surface area contributed by atoms with Crippen molar-refractivity contribution in [3.05, 3.63) is 57.6 Å². The lowest BCUT2D eigenvalue weighted by Crippen LogP contribution is -2.51. The van der Waals surface area contributed by atoms with Gasteiger partial charge in [0, 0.05) is 31.7 Å². The van der Waals surface area contributed by atoms with E-state index in [2.05, 4.69) is 33.1 Å². The number of hydrogen-bond acceptors (Lipinski definition) is 8. The molecule has 1 amide bonds. The van der Waals surface area contributed by atoms with Gasteiger partial charge >= 0.3 is 5.69 Å². The lowest BCUT2D eigenvalue weighted by Gasteiger charge is -2.26. The summed E-state index contributed by atoms with van der Waals surface area (Å²) in [5, 5.41) is 25.2. The van der Waals surface area contributed by atoms with Gasteiger partial charge in [-0.25, -0.2) is 4.63 Å². The van der Waals surface area contributed by atoms with Crippen LogP contribution in [0, 0.1) is 10.1 Å². The number of nitrogens with one attached hydrogen (secondary N) is 2. The number of carbonyl (C=O) groups excluding carboxylic acids is 1. The molecule has 0 unspecified atom stereocenters. The van der Waals surface area contributed by atoms with Crippen molar-refractivity contribution in [2.45, 2.75) is 31.5 Å². The fourth-order valence-electron chi connectivity index (χ4n) is 4.28. The highest BCUT2D eigenvalue weighted by Crippen LogP contribution is 2.32. The van der Waals surface area contributed by atoms with E-state index in [0.29, 0.717) is 31.6 Å². The number of hydrogen-bond donors (Lipinski definition) is 2. The molecule has 2 atom stereocenters. The molecule has 0 saturated carbocycles. The molecule has 2 N–H and O–H groups in total. The molecule has 3 heterocycles. The maximum atomic E-state index is 12.8. The fraction of sp³-hybridized carbons (Fsp3) is 0.350. The topological polar surface area (TPSA) is 126 Å². The van der Waals surface area contributed by atoms with Gasteiger partial charge in [0.05, 0.1) is 16.7 Å². The fourth-order valence-corrected chi connectivity index (χ4v) is 4.28. The lowest BCUT2D eigenvalue weighted by molar-refractivity contribution is -0.383. The molecule has 1 saturated heterocycles. The van der Waals surface area contributed by atoms with E-state index < -0.39 is 4.92 Å². The maximum absolute atomic E-state index is 12.8. The Labute approximate surface area is 171 Å². The van der Waals surface area contributed by atoms with Crippen molar-refractivity contribution >= 4 is 28.3 Å². The summed E-state index contributed by atoms with van der Waals surface area (Å²) in [6.45, 7) is 1.98. The largest absolute Gasteiger partial charge is 0.367 e. The van der Waals surface area contributed by atoms with Crippen molar-refractivity contribution in [1.29, 1.82) is 0 Å². The first-order chi connectivity index (χ1) is 14.6. The van der Waals surface area contributed by atoms with Gasteiger partial charge in [0.15, 0.2) is 5.52 Å². The third-order valence-electron chi connectivity index (χ3n) is 5.84. The van der Waals surface area contributed by atoms with E-state index >= 15 is 0 Å². The molecule has 2 aliphatic rings. The molecular weight excluding hydrogens is 388 g/mol. The van der Waals surface area contributed by atoms with Crippen LogP contribution >= 0.6 is 0 Å². The van der Waals surface area contributed by atoms with Crippen molar-refractivity contribution in [2.24, 2.45) is 0 Å². The number of benzene rings is 2. The standard InChI is InChI=1S/C20H20N6O4/c27-20(15-9-12-3-1-2-4-13(12)10-21-15)22-14-7-8-25(11-14)16-5-6-17(26(28)29)19-18(16)23-30-24-19/h1-6,14-15,21H,7-11H2,(H,22,27)/t14-,15+/m1/s1. The van der Waals surface area contributed by atoms with Gasteiger partial charge in [0.2, 0.25) is 11.4 Å². The SMILES string of the molecule is O=C(N[C@@H]1CCN(c2ccc([N+](=O)[O-])c3nonc23)C1)[C@@H]1Cc2ccccc2CN1. The van der Waals surface area contributed by atoms with Gasteiger partial charge in [0.25, 0.3) is 0 Å². The zero-order valence-corrected chi connectivity index (χ0v) is 16.1. The molecule has 0 aliphatic carbocycles. The Hall–Kier alpha value is -3.53. The highest BCUT2D eigenvalue weighted by molar-refractivity contribution is 5.94. The summed E-state index contributed by atoms with van der Waals surface area (Å²) in [5.74, 6) is -0.00620. The normalized spacial score (nSPS) is 20.9. The van der Waals surface area contributed by atoms with Gasteiger partial charge in [-0.3, -0.25) is 14.9 Å². The number of nitro benzene ring substituents is 1. The van der Waals surface area contributed by atoms with E-state index in [9.17, 15) is 14.9 Å². The Balaban J connectivity index is 1.26. The summed E-state index contributed by atoms with van der Waals surface area (Å²) in [7, 11) is 0. The zero-order chi connectivity index (χ0) is 20.7. The first-order valence-corrected chi connectivity index (χ1v) is 9.85. The first kappa shape index (κ1) is 18.5. The molecular formula is C20H20N6O4. The molecule has 10 nitrogen and oxygen atoms in total. The van der Waals surface area contributed by atoms with Crippen LogP contribution in [0.25, 0.3) is 11.0 Å². The van der Waals surface area contributed by atoms with Gasteiger partial charge in [-0.2, -0.15) is 0 Å². The third-order valence-corrected chi connectivity index (χ3v) is 5.84. The van der Waals surface area contributed by atoms with Crippen LogP contribution in [0.1, 0.15) is 17.5 Å². The Kier molecular flexibility index (Phi) is 4.55. The number of nitrogens with zero attached hydrogens (tertiary/aromatic N) is 4. The van der Waals surface area contributed by atoms with Gasteiger partial charge in [-0.15, -0.1) is 0 Å². The number of rotatable bonds is 4. The number of nitro groups is 1. The van der Waals surface area contributed by atoms with Crippen LogP contribution in [0.15, 0.2) is 41.0 Å². The van der Waals surface area contributed by atoms with Gasteiger partial charge < -0.3 is 15.5 Å². The summed E-state index contributed by atoms with van der Waals surface area (Å²) in [5.41, 5.74) is 3.52. The Morgan fingerprint density at radius 3 is 2.83 bits per heavy atom. The van der Waals surface area contributed by atoms with Gasteiger partial charge in [-0.1, -0.05) is 24.3 Å². The molecule has 0 bridgehead atoms. The van der Waals surface area contributed by atoms with E-state index in [4.69, 9.17) is 4.63 Å². The molecule has 154 valence electrons. The minimum Gasteiger partial charge on any atom is -0.367 e. The van der Waals surface area contributed by atoms with Gasteiger partial charge in [0.1, 0.15) is 0 Å². The minimum absolute atomic E-state index is 0.00620. The van der Waals surface area contributed by atoms with E-state index in [-0.39, 0.29) is 29.2 Å². The van der Waals surface area contributed by atoms with E-state index in [1.54, 1.807) is 6.07 Å². The molecule has 0 radical (unpaired) electrons. The number of aromatic nitrogens is 2. The average Bonchev–Trinajstić information content (AvgIpc) is 3.42. The summed E-state index contributed by atoms with van der Waals surface area (Å²) >= 11 is 0. The van der Waals surface area contributed by atoms with E-state index in [1.807, 2.05) is 17.0 Å². The maximum Gasteiger partial charge on any atom is 0.300 e. The molecule has 1 fully saturated rings. The molecule has 5 rings (SSSR count). The predicted octanol–water partition coefficient (Wildman–Crippen LogP) is 1.54. The number of amides is 1. The average molecular weight is 408 g/mol. The molecule has 0 spiro atoms. The van der Waals surface area contributed by atoms with Crippen LogP contribution in [-0.4, -0.2) is 46.3 Å². The molecule has 3 aromatic rings. The smallest absolute Gasteiger partial charge is 0.300 e. The number of carbonyl (C=O) groups is 1. The summed E-state index contributed by atoms with van der Waals surface area (Å²) in [6.07, 6.45) is 1.45. The van der Waals surface area contributed by atoms with Crippen LogP contribution in [0.3, 0.4) is 0 Å². The highest BCUT2D eigenvalue weighted by atomic mass is 16.6. The number of non-ortho nitro benzene ring substituents is 1. The third kappa shape index (κ3) is 3.24. The van der Waals surface area contributed by atoms with E-state index in [1.165, 1.54) is 17.2 Å². The zero-order valence-electron chi connectivity index (χ0n) is 16.1. The number of anilines is 1.